The predicted octanol–water partition coefficient (Wildman–Crippen LogP) is 1.84. The first kappa shape index (κ1) is 17.1. The summed E-state index contributed by atoms with van der Waals surface area (Å²) in [5.74, 6) is 2.02. The highest BCUT2D eigenvalue weighted by Crippen LogP contribution is 2.33. The van der Waals surface area contributed by atoms with Gasteiger partial charge in [-0.3, -0.25) is 13.9 Å². The summed E-state index contributed by atoms with van der Waals surface area (Å²) in [6.07, 6.45) is 3.70. The number of nitrogens with zero attached hydrogens (tertiary/aromatic N) is 4. The van der Waals surface area contributed by atoms with Gasteiger partial charge >= 0.3 is 5.69 Å². The lowest BCUT2D eigenvalue weighted by molar-refractivity contribution is 0.174. The topological polar surface area (TPSA) is 80.3 Å². The first-order valence-corrected chi connectivity index (χ1v) is 8.83. The molecule has 0 bridgehead atoms. The van der Waals surface area contributed by atoms with E-state index in [1.807, 2.05) is 37.3 Å². The molecule has 0 spiro atoms. The summed E-state index contributed by atoms with van der Waals surface area (Å²) in [5.41, 5.74) is 1.10. The monoisotopic (exact) mass is 368 g/mol. The van der Waals surface area contributed by atoms with Crippen LogP contribution in [-0.2, 0) is 20.1 Å². The number of aryl methyl sites for hydroxylation is 2. The van der Waals surface area contributed by atoms with Crippen molar-refractivity contribution in [3.63, 3.8) is 0 Å². The first-order chi connectivity index (χ1) is 13.0. The van der Waals surface area contributed by atoms with Gasteiger partial charge in [0.05, 0.1) is 0 Å². The van der Waals surface area contributed by atoms with Gasteiger partial charge in [-0.05, 0) is 37.6 Å². The summed E-state index contributed by atoms with van der Waals surface area (Å²) in [5, 5.41) is 0. The van der Waals surface area contributed by atoms with Gasteiger partial charge in [-0.15, -0.1) is 0 Å². The number of hydrogen-bond donors (Lipinski definition) is 0. The van der Waals surface area contributed by atoms with E-state index in [0.717, 1.165) is 11.3 Å². The van der Waals surface area contributed by atoms with Crippen LogP contribution in [0.25, 0.3) is 23.3 Å². The molecule has 0 radical (unpaired) electrons. The molecular formula is C19H20N4O4. The van der Waals surface area contributed by atoms with Crippen LogP contribution >= 0.6 is 0 Å². The highest BCUT2D eigenvalue weighted by Gasteiger charge is 2.18. The Balaban J connectivity index is 1.83. The maximum Gasteiger partial charge on any atom is 0.332 e. The Morgan fingerprint density at radius 2 is 1.81 bits per heavy atom. The normalized spacial score (nSPS) is 13.1. The minimum atomic E-state index is -0.332. The maximum atomic E-state index is 12.7. The van der Waals surface area contributed by atoms with E-state index < -0.39 is 0 Å². The van der Waals surface area contributed by atoms with Crippen LogP contribution in [-0.4, -0.2) is 25.5 Å². The third-order valence-electron chi connectivity index (χ3n) is 4.73. The Morgan fingerprint density at radius 1 is 1.07 bits per heavy atom. The summed E-state index contributed by atoms with van der Waals surface area (Å²) in [6, 6.07) is 5.65. The van der Waals surface area contributed by atoms with Crippen LogP contribution in [0.2, 0.25) is 0 Å². The van der Waals surface area contributed by atoms with E-state index in [9.17, 15) is 9.59 Å². The van der Waals surface area contributed by atoms with Gasteiger partial charge < -0.3 is 14.0 Å². The molecule has 2 aromatic heterocycles. The Morgan fingerprint density at radius 3 is 2.56 bits per heavy atom. The average Bonchev–Trinajstić information content (AvgIpc) is 3.25. The van der Waals surface area contributed by atoms with Crippen molar-refractivity contribution in [3.05, 3.63) is 50.4 Å². The van der Waals surface area contributed by atoms with Crippen molar-refractivity contribution in [2.45, 2.75) is 26.9 Å². The third kappa shape index (κ3) is 2.64. The summed E-state index contributed by atoms with van der Waals surface area (Å²) in [6.45, 7) is 4.64. The average molecular weight is 368 g/mol. The van der Waals surface area contributed by atoms with E-state index >= 15 is 0 Å². The van der Waals surface area contributed by atoms with Crippen molar-refractivity contribution in [1.29, 1.82) is 0 Å². The molecule has 0 saturated heterocycles. The molecule has 8 nitrogen and oxygen atoms in total. The van der Waals surface area contributed by atoms with Crippen LogP contribution in [0.5, 0.6) is 11.5 Å². The summed E-state index contributed by atoms with van der Waals surface area (Å²) in [7, 11) is 1.78. The van der Waals surface area contributed by atoms with E-state index in [4.69, 9.17) is 9.47 Å². The van der Waals surface area contributed by atoms with E-state index in [0.29, 0.717) is 35.8 Å². The highest BCUT2D eigenvalue weighted by molar-refractivity contribution is 5.77. The van der Waals surface area contributed by atoms with Crippen LogP contribution in [0, 0.1) is 0 Å². The Labute approximate surface area is 154 Å². The number of ether oxygens (including phenoxy) is 2. The quantitative estimate of drug-likeness (QED) is 0.702. The molecule has 1 aromatic carbocycles. The second-order valence-electron chi connectivity index (χ2n) is 6.22. The van der Waals surface area contributed by atoms with Gasteiger partial charge in [-0.2, -0.15) is 0 Å². The molecule has 27 heavy (non-hydrogen) atoms. The number of hydrogen-bond acceptors (Lipinski definition) is 5. The molecule has 8 heteroatoms. The fraction of sp³-hybridized carbons (Fsp3) is 0.316. The van der Waals surface area contributed by atoms with Gasteiger partial charge in [0.25, 0.3) is 5.56 Å². The van der Waals surface area contributed by atoms with Gasteiger partial charge in [-0.25, -0.2) is 9.78 Å². The van der Waals surface area contributed by atoms with Gasteiger partial charge in [0.15, 0.2) is 22.7 Å². The molecule has 140 valence electrons. The first-order valence-electron chi connectivity index (χ1n) is 8.83. The zero-order valence-electron chi connectivity index (χ0n) is 15.4. The lowest BCUT2D eigenvalue weighted by Gasteiger charge is -2.08. The van der Waals surface area contributed by atoms with Gasteiger partial charge in [-0.1, -0.05) is 12.1 Å². The molecule has 0 amide bonds. The largest absolute Gasteiger partial charge is 0.454 e. The third-order valence-corrected chi connectivity index (χ3v) is 4.73. The van der Waals surface area contributed by atoms with Gasteiger partial charge in [0.2, 0.25) is 6.79 Å². The van der Waals surface area contributed by atoms with Gasteiger partial charge in [0.1, 0.15) is 5.82 Å². The summed E-state index contributed by atoms with van der Waals surface area (Å²) in [4.78, 5) is 29.8. The van der Waals surface area contributed by atoms with E-state index in [-0.39, 0.29) is 18.0 Å². The molecule has 0 unspecified atom stereocenters. The SMILES string of the molecule is CCn1c(=O)c2c(nc(C=Cc3ccc4c(c3)OCO4)n2C)n(CC)c1=O. The molecule has 1 aliphatic heterocycles. The number of rotatable bonds is 4. The van der Waals surface area contributed by atoms with E-state index in [2.05, 4.69) is 4.98 Å². The second-order valence-corrected chi connectivity index (χ2v) is 6.22. The smallest absolute Gasteiger partial charge is 0.332 e. The van der Waals surface area contributed by atoms with Crippen molar-refractivity contribution < 1.29 is 9.47 Å². The summed E-state index contributed by atoms with van der Waals surface area (Å²) >= 11 is 0. The number of imidazole rings is 1. The fourth-order valence-corrected chi connectivity index (χ4v) is 3.28. The maximum absolute atomic E-state index is 12.7. The van der Waals surface area contributed by atoms with Crippen LogP contribution in [0.4, 0.5) is 0 Å². The minimum Gasteiger partial charge on any atom is -0.454 e. The minimum absolute atomic E-state index is 0.228. The van der Waals surface area contributed by atoms with E-state index in [1.165, 1.54) is 9.13 Å². The van der Waals surface area contributed by atoms with Crippen LogP contribution in [0.15, 0.2) is 27.8 Å². The second kappa shape index (κ2) is 6.46. The summed E-state index contributed by atoms with van der Waals surface area (Å²) < 4.78 is 15.2. The molecule has 3 heterocycles. The zero-order chi connectivity index (χ0) is 19.1. The Kier molecular flexibility index (Phi) is 4.10. The molecule has 0 atom stereocenters. The molecule has 1 aliphatic rings. The number of benzene rings is 1. The molecule has 0 fully saturated rings. The van der Waals surface area contributed by atoms with Crippen LogP contribution < -0.4 is 20.7 Å². The lowest BCUT2D eigenvalue weighted by Crippen LogP contribution is -2.39. The fourth-order valence-electron chi connectivity index (χ4n) is 3.28. The van der Waals surface area contributed by atoms with Gasteiger partial charge in [0, 0.05) is 20.1 Å². The molecule has 0 N–H and O–H groups in total. The zero-order valence-corrected chi connectivity index (χ0v) is 15.4. The predicted molar refractivity (Wildman–Crippen MR) is 102 cm³/mol. The Hall–Kier alpha value is -3.29. The van der Waals surface area contributed by atoms with Crippen molar-refractivity contribution >= 4 is 23.3 Å². The molecule has 0 aliphatic carbocycles. The van der Waals surface area contributed by atoms with Crippen molar-refractivity contribution in [2.24, 2.45) is 7.05 Å². The van der Waals surface area contributed by atoms with E-state index in [1.54, 1.807) is 18.5 Å². The standard InChI is InChI=1S/C19H20N4O4/c1-4-22-17-16(18(24)23(5-2)19(22)25)21(3)15(20-17)9-7-12-6-8-13-14(10-12)27-11-26-13/h6-10H,4-5,11H2,1-3H3. The highest BCUT2D eigenvalue weighted by atomic mass is 16.7. The molecule has 3 aromatic rings. The van der Waals surface area contributed by atoms with Crippen LogP contribution in [0.1, 0.15) is 25.2 Å². The van der Waals surface area contributed by atoms with Crippen LogP contribution in [0.3, 0.4) is 0 Å². The van der Waals surface area contributed by atoms with Crippen molar-refractivity contribution in [3.8, 4) is 11.5 Å². The number of fused-ring (bicyclic) bond motifs is 2. The van der Waals surface area contributed by atoms with Crippen molar-refractivity contribution in [1.82, 2.24) is 18.7 Å². The molecule has 4 rings (SSSR count). The van der Waals surface area contributed by atoms with Crippen molar-refractivity contribution in [2.75, 3.05) is 6.79 Å². The lowest BCUT2D eigenvalue weighted by atomic mass is 10.2. The molecular weight excluding hydrogens is 348 g/mol. The Bertz CT molecular complexity index is 1180. The number of aromatic nitrogens is 4. The molecule has 0 saturated carbocycles.